The molecule has 162 valence electrons. The van der Waals surface area contributed by atoms with Gasteiger partial charge in [0.25, 0.3) is 0 Å². The van der Waals surface area contributed by atoms with Crippen LogP contribution in [-0.2, 0) is 26.0 Å². The Kier molecular flexibility index (Phi) is 5.13. The number of methoxy groups -OCH3 is 4. The quantitative estimate of drug-likeness (QED) is 0.735. The molecule has 2 saturated carbocycles. The standard InChI is InChI=1S/C23H35NO5/c1-24(2)14-21-9-15-7-8-17(26-3)20(25)19(15)22(13-21)12-18(27-4)23(28-5,29-6)11-16(22)10-21/h7-8,16,18,25H,9-14H2,1-6H3/t16?,18?,21?,22-/m0/s1. The first-order valence-electron chi connectivity index (χ1n) is 10.5. The lowest BCUT2D eigenvalue weighted by Crippen LogP contribution is -2.58. The van der Waals surface area contributed by atoms with Gasteiger partial charge in [0.1, 0.15) is 6.10 Å². The predicted molar refractivity (Wildman–Crippen MR) is 111 cm³/mol. The summed E-state index contributed by atoms with van der Waals surface area (Å²) in [7, 11) is 11.1. The van der Waals surface area contributed by atoms with Crippen molar-refractivity contribution in [1.82, 2.24) is 4.90 Å². The van der Waals surface area contributed by atoms with Gasteiger partial charge < -0.3 is 29.0 Å². The van der Waals surface area contributed by atoms with Gasteiger partial charge in [-0.25, -0.2) is 0 Å². The number of nitrogens with zero attached hydrogens (tertiary/aromatic N) is 1. The lowest BCUT2D eigenvalue weighted by Gasteiger charge is -2.53. The number of fused-ring (bicyclic) bond motifs is 2. The van der Waals surface area contributed by atoms with Crippen molar-refractivity contribution < 1.29 is 24.1 Å². The van der Waals surface area contributed by atoms with Crippen molar-refractivity contribution in [1.29, 1.82) is 0 Å². The molecule has 1 aromatic carbocycles. The van der Waals surface area contributed by atoms with E-state index < -0.39 is 5.79 Å². The monoisotopic (exact) mass is 405 g/mol. The zero-order chi connectivity index (χ0) is 21.0. The van der Waals surface area contributed by atoms with E-state index in [1.54, 1.807) is 28.4 Å². The van der Waals surface area contributed by atoms with Gasteiger partial charge in [-0.05, 0) is 62.7 Å². The van der Waals surface area contributed by atoms with E-state index in [0.717, 1.165) is 44.2 Å². The average Bonchev–Trinajstić information content (AvgIpc) is 2.93. The third-order valence-corrected chi connectivity index (χ3v) is 7.86. The van der Waals surface area contributed by atoms with Gasteiger partial charge in [0.2, 0.25) is 0 Å². The second-order valence-corrected chi connectivity index (χ2v) is 9.65. The summed E-state index contributed by atoms with van der Waals surface area (Å²) in [6.07, 6.45) is 4.41. The second kappa shape index (κ2) is 7.12. The third kappa shape index (κ3) is 2.91. The first-order chi connectivity index (χ1) is 13.8. The predicted octanol–water partition coefficient (Wildman–Crippen LogP) is 2.95. The van der Waals surface area contributed by atoms with Gasteiger partial charge in [-0.15, -0.1) is 0 Å². The minimum Gasteiger partial charge on any atom is -0.504 e. The number of benzene rings is 1. The highest BCUT2D eigenvalue weighted by molar-refractivity contribution is 5.57. The number of phenolic OH excluding ortho intramolecular Hbond substituents is 1. The minimum absolute atomic E-state index is 0.163. The normalized spacial score (nSPS) is 34.7. The van der Waals surface area contributed by atoms with Crippen LogP contribution in [0.15, 0.2) is 12.1 Å². The summed E-state index contributed by atoms with van der Waals surface area (Å²) in [5.74, 6) is 0.435. The molecule has 3 unspecified atom stereocenters. The maximum absolute atomic E-state index is 11.2. The molecule has 4 rings (SSSR count). The Hall–Kier alpha value is -1.34. The highest BCUT2D eigenvalue weighted by Gasteiger charge is 2.66. The number of aromatic hydroxyl groups is 1. The summed E-state index contributed by atoms with van der Waals surface area (Å²) < 4.78 is 23.3. The molecule has 4 atom stereocenters. The van der Waals surface area contributed by atoms with Gasteiger partial charge in [-0.2, -0.15) is 0 Å². The van der Waals surface area contributed by atoms with E-state index in [4.69, 9.17) is 18.9 Å². The zero-order valence-corrected chi connectivity index (χ0v) is 18.6. The fourth-order valence-corrected chi connectivity index (χ4v) is 7.11. The molecular formula is C23H35NO5. The Bertz CT molecular complexity index is 777. The third-order valence-electron chi connectivity index (χ3n) is 7.86. The van der Waals surface area contributed by atoms with Crippen LogP contribution in [0.2, 0.25) is 0 Å². The fraction of sp³-hybridized carbons (Fsp3) is 0.739. The van der Waals surface area contributed by atoms with Crippen molar-refractivity contribution in [3.63, 3.8) is 0 Å². The Balaban J connectivity index is 1.89. The van der Waals surface area contributed by atoms with E-state index in [1.807, 2.05) is 6.07 Å². The van der Waals surface area contributed by atoms with Crippen molar-refractivity contribution in [3.05, 3.63) is 23.3 Å². The molecule has 2 fully saturated rings. The van der Waals surface area contributed by atoms with E-state index in [2.05, 4.69) is 25.1 Å². The highest BCUT2D eigenvalue weighted by atomic mass is 16.7. The van der Waals surface area contributed by atoms with Crippen LogP contribution in [0.1, 0.15) is 36.8 Å². The van der Waals surface area contributed by atoms with E-state index in [-0.39, 0.29) is 16.9 Å². The van der Waals surface area contributed by atoms with Gasteiger partial charge in [0.05, 0.1) is 7.11 Å². The van der Waals surface area contributed by atoms with E-state index in [1.165, 1.54) is 5.56 Å². The Morgan fingerprint density at radius 2 is 1.79 bits per heavy atom. The average molecular weight is 406 g/mol. The maximum Gasteiger partial charge on any atom is 0.194 e. The molecule has 3 aliphatic rings. The Labute approximate surface area is 174 Å². The fourth-order valence-electron chi connectivity index (χ4n) is 7.11. The molecule has 6 nitrogen and oxygen atoms in total. The van der Waals surface area contributed by atoms with Crippen LogP contribution in [0.25, 0.3) is 0 Å². The van der Waals surface area contributed by atoms with Crippen molar-refractivity contribution in [2.45, 2.75) is 49.4 Å². The molecular weight excluding hydrogens is 370 g/mol. The molecule has 0 aromatic heterocycles. The van der Waals surface area contributed by atoms with Gasteiger partial charge in [0, 0.05) is 45.3 Å². The van der Waals surface area contributed by atoms with Crippen LogP contribution < -0.4 is 4.74 Å². The molecule has 2 bridgehead atoms. The molecule has 6 heteroatoms. The first kappa shape index (κ1) is 20.9. The summed E-state index contributed by atoms with van der Waals surface area (Å²) >= 11 is 0. The zero-order valence-electron chi connectivity index (χ0n) is 18.6. The second-order valence-electron chi connectivity index (χ2n) is 9.65. The smallest absolute Gasteiger partial charge is 0.194 e. The lowest BCUT2D eigenvalue weighted by molar-refractivity contribution is -0.292. The number of ether oxygens (including phenoxy) is 4. The van der Waals surface area contributed by atoms with Crippen molar-refractivity contribution in [2.24, 2.45) is 11.3 Å². The number of hydrogen-bond acceptors (Lipinski definition) is 6. The SMILES string of the molecule is COc1ccc2c(c1O)[C@]13CC(OC)C(OC)(OC)CC1CC(CN(C)C)(C2)C3. The molecule has 29 heavy (non-hydrogen) atoms. The number of rotatable bonds is 6. The lowest BCUT2D eigenvalue weighted by atomic mass is 9.57. The van der Waals surface area contributed by atoms with Gasteiger partial charge in [-0.3, -0.25) is 0 Å². The van der Waals surface area contributed by atoms with E-state index in [9.17, 15) is 5.11 Å². The van der Waals surface area contributed by atoms with Gasteiger partial charge in [0.15, 0.2) is 17.3 Å². The molecule has 0 heterocycles. The summed E-state index contributed by atoms with van der Waals surface area (Å²) in [5, 5.41) is 11.2. The molecule has 0 saturated heterocycles. The molecule has 1 aromatic rings. The summed E-state index contributed by atoms with van der Waals surface area (Å²) in [6, 6.07) is 4.05. The topological polar surface area (TPSA) is 60.4 Å². The first-order valence-corrected chi connectivity index (χ1v) is 10.5. The van der Waals surface area contributed by atoms with Crippen molar-refractivity contribution >= 4 is 0 Å². The molecule has 1 N–H and O–H groups in total. The highest BCUT2D eigenvalue weighted by Crippen LogP contribution is 2.68. The van der Waals surface area contributed by atoms with E-state index >= 15 is 0 Å². The van der Waals surface area contributed by atoms with Crippen LogP contribution in [0.5, 0.6) is 11.5 Å². The van der Waals surface area contributed by atoms with Gasteiger partial charge >= 0.3 is 0 Å². The van der Waals surface area contributed by atoms with Crippen LogP contribution in [0, 0.1) is 11.3 Å². The summed E-state index contributed by atoms with van der Waals surface area (Å²) in [4.78, 5) is 2.30. The van der Waals surface area contributed by atoms with Crippen molar-refractivity contribution in [2.75, 3.05) is 49.1 Å². The number of hydrogen-bond donors (Lipinski definition) is 1. The maximum atomic E-state index is 11.2. The van der Waals surface area contributed by atoms with Crippen LogP contribution in [0.3, 0.4) is 0 Å². The number of phenols is 1. The van der Waals surface area contributed by atoms with Gasteiger partial charge in [-0.1, -0.05) is 6.07 Å². The summed E-state index contributed by atoms with van der Waals surface area (Å²) in [5.41, 5.74) is 2.33. The molecule has 0 radical (unpaired) electrons. The molecule has 1 spiro atoms. The van der Waals surface area contributed by atoms with Crippen molar-refractivity contribution in [3.8, 4) is 11.5 Å². The Morgan fingerprint density at radius 3 is 2.38 bits per heavy atom. The van der Waals surface area contributed by atoms with E-state index in [0.29, 0.717) is 17.4 Å². The molecule has 3 aliphatic carbocycles. The van der Waals surface area contributed by atoms with Crippen LogP contribution in [0.4, 0.5) is 0 Å². The largest absolute Gasteiger partial charge is 0.504 e. The minimum atomic E-state index is -0.754. The Morgan fingerprint density at radius 1 is 1.07 bits per heavy atom. The van der Waals surface area contributed by atoms with Crippen LogP contribution >= 0.6 is 0 Å². The summed E-state index contributed by atoms with van der Waals surface area (Å²) in [6.45, 7) is 1.03. The molecule has 0 amide bonds. The molecule has 0 aliphatic heterocycles. The van der Waals surface area contributed by atoms with Crippen LogP contribution in [-0.4, -0.2) is 71.0 Å².